The first-order chi connectivity index (χ1) is 14.8. The van der Waals surface area contributed by atoms with Crippen molar-refractivity contribution in [3.8, 4) is 16.2 Å². The monoisotopic (exact) mass is 500 g/mol. The molecule has 1 aliphatic heterocycles. The molecule has 0 atom stereocenters. The van der Waals surface area contributed by atoms with Crippen LogP contribution in [0.15, 0.2) is 28.7 Å². The number of aromatic hydroxyl groups is 1. The van der Waals surface area contributed by atoms with Gasteiger partial charge in [-0.25, -0.2) is 0 Å². The molecule has 1 aromatic carbocycles. The number of benzene rings is 1. The normalized spacial score (nSPS) is 15.1. The molecule has 0 amide bonds. The van der Waals surface area contributed by atoms with Crippen LogP contribution in [0.5, 0.6) is 5.75 Å². The zero-order chi connectivity index (χ0) is 22.5. The average Bonchev–Trinajstić information content (AvgIpc) is 3.15. The maximum Gasteiger partial charge on any atom is 0.319 e. The number of piperazine rings is 1. The van der Waals surface area contributed by atoms with E-state index in [1.807, 2.05) is 21.2 Å². The number of hydrazone groups is 1. The van der Waals surface area contributed by atoms with E-state index < -0.39 is 0 Å². The average molecular weight is 501 g/mol. The summed E-state index contributed by atoms with van der Waals surface area (Å²) in [4.78, 5) is 16.1. The molecule has 1 fully saturated rings. The number of esters is 1. The predicted octanol–water partition coefficient (Wildman–Crippen LogP) is 3.82. The molecule has 0 radical (unpaired) electrons. The summed E-state index contributed by atoms with van der Waals surface area (Å²) in [7, 11) is 1.39. The number of methoxy groups -OCH3 is 1. The van der Waals surface area contributed by atoms with Crippen molar-refractivity contribution in [2.45, 2.75) is 6.92 Å². The Labute approximate surface area is 200 Å². The summed E-state index contributed by atoms with van der Waals surface area (Å²) in [6.07, 6.45) is 0. The summed E-state index contributed by atoms with van der Waals surface area (Å²) < 4.78 is 4.70. The molecule has 31 heavy (non-hydrogen) atoms. The molecule has 0 bridgehead atoms. The zero-order valence-corrected chi connectivity index (χ0v) is 20.2. The van der Waals surface area contributed by atoms with Crippen LogP contribution in [0.1, 0.15) is 12.5 Å². The van der Waals surface area contributed by atoms with E-state index in [2.05, 4.69) is 10.5 Å². The van der Waals surface area contributed by atoms with Gasteiger partial charge in [-0.1, -0.05) is 29.3 Å². The summed E-state index contributed by atoms with van der Waals surface area (Å²) in [5, 5.41) is 18.3. The van der Waals surface area contributed by atoms with Gasteiger partial charge in [0.05, 0.1) is 39.9 Å². The van der Waals surface area contributed by atoms with Crippen molar-refractivity contribution in [3.05, 3.63) is 39.2 Å². The van der Waals surface area contributed by atoms with E-state index in [0.717, 1.165) is 5.56 Å². The van der Waals surface area contributed by atoms with Crippen LogP contribution in [-0.4, -0.2) is 71.5 Å². The van der Waals surface area contributed by atoms with Crippen LogP contribution in [-0.2, 0) is 9.53 Å². The molecule has 0 spiro atoms. The van der Waals surface area contributed by atoms with Crippen LogP contribution in [0.2, 0.25) is 10.0 Å². The fraction of sp³-hybridized carbons (Fsp3) is 0.350. The molecule has 3 rings (SSSR count). The van der Waals surface area contributed by atoms with Gasteiger partial charge in [0.2, 0.25) is 0 Å². The largest absolute Gasteiger partial charge is 0.506 e. The summed E-state index contributed by atoms with van der Waals surface area (Å²) in [5.74, 6) is -0.112. The molecular formula is C20H22Cl2N4O3S2. The van der Waals surface area contributed by atoms with Crippen molar-refractivity contribution in [1.82, 2.24) is 15.2 Å². The zero-order valence-electron chi connectivity index (χ0n) is 17.0. The Balaban J connectivity index is 1.61. The molecule has 2 heterocycles. The number of ether oxygens (including phenoxy) is 1. The van der Waals surface area contributed by atoms with Gasteiger partial charge in [-0.2, -0.15) is 5.10 Å². The van der Waals surface area contributed by atoms with Crippen LogP contribution in [0.4, 0.5) is 0 Å². The Morgan fingerprint density at radius 1 is 1.29 bits per heavy atom. The summed E-state index contributed by atoms with van der Waals surface area (Å²) in [6.45, 7) is 4.85. The van der Waals surface area contributed by atoms with E-state index in [4.69, 9.17) is 40.2 Å². The van der Waals surface area contributed by atoms with Gasteiger partial charge in [0.15, 0.2) is 5.11 Å². The van der Waals surface area contributed by atoms with Gasteiger partial charge in [0, 0.05) is 31.6 Å². The molecular weight excluding hydrogens is 479 g/mol. The topological polar surface area (TPSA) is 77.4 Å². The van der Waals surface area contributed by atoms with Gasteiger partial charge >= 0.3 is 5.97 Å². The fourth-order valence-electron chi connectivity index (χ4n) is 3.07. The maximum atomic E-state index is 11.4. The highest BCUT2D eigenvalue weighted by atomic mass is 35.5. The second-order valence-electron chi connectivity index (χ2n) is 6.91. The quantitative estimate of drug-likeness (QED) is 0.279. The number of carbonyl (C=O) groups is 1. The fourth-order valence-corrected chi connectivity index (χ4v) is 4.60. The van der Waals surface area contributed by atoms with Crippen LogP contribution in [0, 0.1) is 0 Å². The number of hydrogen-bond acceptors (Lipinski definition) is 7. The SMILES string of the molecule is COC(=O)CN1CCN(C(=S)NN=C(C)c2csc(-c3ccc(Cl)c(Cl)c3)c2O)CC1. The molecule has 0 unspecified atom stereocenters. The number of thiophene rings is 1. The van der Waals surface area contributed by atoms with Crippen LogP contribution < -0.4 is 5.43 Å². The van der Waals surface area contributed by atoms with E-state index >= 15 is 0 Å². The van der Waals surface area contributed by atoms with Crippen molar-refractivity contribution in [2.24, 2.45) is 5.10 Å². The Kier molecular flexibility index (Phi) is 8.12. The van der Waals surface area contributed by atoms with E-state index in [9.17, 15) is 9.90 Å². The number of rotatable bonds is 5. The lowest BCUT2D eigenvalue weighted by Gasteiger charge is -2.35. The first-order valence-corrected chi connectivity index (χ1v) is 11.5. The first-order valence-electron chi connectivity index (χ1n) is 9.44. The van der Waals surface area contributed by atoms with E-state index in [1.165, 1.54) is 18.4 Å². The van der Waals surface area contributed by atoms with Crippen LogP contribution in [0.3, 0.4) is 0 Å². The number of nitrogens with zero attached hydrogens (tertiary/aromatic N) is 3. The Hall–Kier alpha value is -1.91. The first kappa shape index (κ1) is 23.7. The van der Waals surface area contributed by atoms with Gasteiger partial charge in [0.1, 0.15) is 5.75 Å². The number of nitrogens with one attached hydrogen (secondary N) is 1. The van der Waals surface area contributed by atoms with Crippen molar-refractivity contribution >= 4 is 63.5 Å². The van der Waals surface area contributed by atoms with Crippen molar-refractivity contribution in [1.29, 1.82) is 0 Å². The standard InChI is InChI=1S/C20H22Cl2N4O3S2/c1-12(14-11-31-19(18(14)28)13-3-4-15(21)16(22)9-13)23-24-20(30)26-7-5-25(6-8-26)10-17(27)29-2/h3-4,9,11,28H,5-8,10H2,1-2H3,(H,24,30). The number of hydrogen-bond donors (Lipinski definition) is 2. The second kappa shape index (κ2) is 10.6. The van der Waals surface area contributed by atoms with Gasteiger partial charge in [-0.15, -0.1) is 11.3 Å². The lowest BCUT2D eigenvalue weighted by Crippen LogP contribution is -2.52. The maximum absolute atomic E-state index is 11.4. The minimum atomic E-state index is -0.245. The molecule has 2 aromatic rings. The molecule has 0 aliphatic carbocycles. The lowest BCUT2D eigenvalue weighted by atomic mass is 10.1. The minimum Gasteiger partial charge on any atom is -0.506 e. The molecule has 1 aromatic heterocycles. The highest BCUT2D eigenvalue weighted by molar-refractivity contribution is 7.80. The summed E-state index contributed by atoms with van der Waals surface area (Å²) >= 11 is 18.9. The van der Waals surface area contributed by atoms with Crippen molar-refractivity contribution < 1.29 is 14.6 Å². The second-order valence-corrected chi connectivity index (χ2v) is 8.99. The van der Waals surface area contributed by atoms with Crippen LogP contribution >= 0.6 is 46.8 Å². The van der Waals surface area contributed by atoms with Crippen molar-refractivity contribution in [3.63, 3.8) is 0 Å². The molecule has 2 N–H and O–H groups in total. The number of thiocarbonyl (C=S) groups is 1. The summed E-state index contributed by atoms with van der Waals surface area (Å²) in [5.41, 5.74) is 4.90. The predicted molar refractivity (Wildman–Crippen MR) is 129 cm³/mol. The highest BCUT2D eigenvalue weighted by Crippen LogP contribution is 2.40. The van der Waals surface area contributed by atoms with Crippen molar-refractivity contribution in [2.75, 3.05) is 39.8 Å². The van der Waals surface area contributed by atoms with Gasteiger partial charge < -0.3 is 14.7 Å². The van der Waals surface area contributed by atoms with Crippen LogP contribution in [0.25, 0.3) is 10.4 Å². The Morgan fingerprint density at radius 3 is 2.65 bits per heavy atom. The third-order valence-corrected chi connectivity index (χ3v) is 7.00. The summed E-state index contributed by atoms with van der Waals surface area (Å²) in [6, 6.07) is 5.23. The van der Waals surface area contributed by atoms with Gasteiger partial charge in [-0.3, -0.25) is 15.1 Å². The third kappa shape index (κ3) is 5.87. The number of halogens is 2. The smallest absolute Gasteiger partial charge is 0.319 e. The molecule has 7 nitrogen and oxygen atoms in total. The number of carbonyl (C=O) groups excluding carboxylic acids is 1. The molecule has 1 aliphatic rings. The molecule has 11 heteroatoms. The van der Waals surface area contributed by atoms with Gasteiger partial charge in [0.25, 0.3) is 0 Å². The Morgan fingerprint density at radius 2 is 2.00 bits per heavy atom. The molecule has 166 valence electrons. The minimum absolute atomic E-state index is 0.133. The molecule has 1 saturated heterocycles. The third-order valence-electron chi connectivity index (χ3n) is 4.90. The lowest BCUT2D eigenvalue weighted by molar-refractivity contribution is -0.142. The van der Waals surface area contributed by atoms with E-state index in [0.29, 0.717) is 57.5 Å². The highest BCUT2D eigenvalue weighted by Gasteiger charge is 2.21. The Bertz CT molecular complexity index is 1000. The van der Waals surface area contributed by atoms with E-state index in [-0.39, 0.29) is 18.3 Å². The van der Waals surface area contributed by atoms with E-state index in [1.54, 1.807) is 19.1 Å². The molecule has 0 saturated carbocycles. The van der Waals surface area contributed by atoms with Gasteiger partial charge in [-0.05, 0) is 36.8 Å².